The first kappa shape index (κ1) is 10.0. The van der Waals surface area contributed by atoms with Crippen LogP contribution in [-0.2, 0) is 0 Å². The Bertz CT molecular complexity index is 331. The Morgan fingerprint density at radius 1 is 1.50 bits per heavy atom. The molecule has 1 aliphatic carbocycles. The van der Waals surface area contributed by atoms with Gasteiger partial charge in [0.05, 0.1) is 6.10 Å². The van der Waals surface area contributed by atoms with Crippen molar-refractivity contribution < 1.29 is 5.11 Å². The van der Waals surface area contributed by atoms with Gasteiger partial charge in [-0.2, -0.15) is 0 Å². The summed E-state index contributed by atoms with van der Waals surface area (Å²) < 4.78 is 0. The van der Waals surface area contributed by atoms with E-state index in [0.29, 0.717) is 5.02 Å². The lowest BCUT2D eigenvalue weighted by Crippen LogP contribution is -1.99. The van der Waals surface area contributed by atoms with Crippen molar-refractivity contribution in [3.63, 3.8) is 0 Å². The number of halogens is 1. The number of aliphatic hydroxyl groups is 1. The van der Waals surface area contributed by atoms with Gasteiger partial charge < -0.3 is 5.11 Å². The van der Waals surface area contributed by atoms with Crippen LogP contribution in [0, 0.1) is 12.8 Å². The molecule has 1 aromatic rings. The number of hydrogen-bond acceptors (Lipinski definition) is 1. The van der Waals surface area contributed by atoms with Crippen LogP contribution < -0.4 is 0 Å². The number of hydrogen-bond donors (Lipinski definition) is 1. The first-order valence-electron chi connectivity index (χ1n) is 5.11. The molecule has 14 heavy (non-hydrogen) atoms. The van der Waals surface area contributed by atoms with Gasteiger partial charge >= 0.3 is 0 Å². The molecule has 0 spiro atoms. The van der Waals surface area contributed by atoms with E-state index < -0.39 is 0 Å². The molecule has 1 atom stereocenters. The Morgan fingerprint density at radius 3 is 2.86 bits per heavy atom. The highest BCUT2D eigenvalue weighted by atomic mass is 35.5. The maximum atomic E-state index is 9.95. The number of benzene rings is 1. The molecule has 0 amide bonds. The molecule has 0 radical (unpaired) electrons. The third-order valence-corrected chi connectivity index (χ3v) is 3.11. The maximum Gasteiger partial charge on any atom is 0.0807 e. The van der Waals surface area contributed by atoms with Crippen LogP contribution in [0.5, 0.6) is 0 Å². The Labute approximate surface area is 89.7 Å². The molecule has 0 aliphatic heterocycles. The van der Waals surface area contributed by atoms with Crippen molar-refractivity contribution in [1.82, 2.24) is 0 Å². The van der Waals surface area contributed by atoms with Crippen LogP contribution in [0.3, 0.4) is 0 Å². The lowest BCUT2D eigenvalue weighted by atomic mass is 10.0. The lowest BCUT2D eigenvalue weighted by molar-refractivity contribution is 0.160. The van der Waals surface area contributed by atoms with Crippen LogP contribution in [-0.4, -0.2) is 5.11 Å². The predicted molar refractivity (Wildman–Crippen MR) is 58.5 cm³/mol. The van der Waals surface area contributed by atoms with Crippen molar-refractivity contribution in [2.75, 3.05) is 0 Å². The molecule has 0 heterocycles. The highest BCUT2D eigenvalue weighted by Gasteiger charge is 2.26. The minimum Gasteiger partial charge on any atom is -0.388 e. The van der Waals surface area contributed by atoms with E-state index >= 15 is 0 Å². The summed E-state index contributed by atoms with van der Waals surface area (Å²) in [6, 6.07) is 5.81. The summed E-state index contributed by atoms with van der Waals surface area (Å²) >= 11 is 6.03. The summed E-state index contributed by atoms with van der Waals surface area (Å²) in [5.74, 6) is 0.724. The van der Waals surface area contributed by atoms with Gasteiger partial charge in [-0.15, -0.1) is 0 Å². The van der Waals surface area contributed by atoms with Crippen LogP contribution in [0.25, 0.3) is 0 Å². The molecule has 1 fully saturated rings. The van der Waals surface area contributed by atoms with Gasteiger partial charge in [0.2, 0.25) is 0 Å². The van der Waals surface area contributed by atoms with E-state index in [1.54, 1.807) is 0 Å². The fourth-order valence-electron chi connectivity index (χ4n) is 1.71. The SMILES string of the molecule is Cc1ccc(Cl)c(C(O)CC2CC2)c1. The van der Waals surface area contributed by atoms with Gasteiger partial charge in [-0.3, -0.25) is 0 Å². The van der Waals surface area contributed by atoms with Crippen molar-refractivity contribution in [3.8, 4) is 0 Å². The van der Waals surface area contributed by atoms with E-state index in [0.717, 1.165) is 23.5 Å². The van der Waals surface area contributed by atoms with Crippen molar-refractivity contribution >= 4 is 11.6 Å². The molecule has 0 aromatic heterocycles. The number of rotatable bonds is 3. The van der Waals surface area contributed by atoms with Gasteiger partial charge in [0.25, 0.3) is 0 Å². The van der Waals surface area contributed by atoms with Crippen LogP contribution in [0.1, 0.15) is 36.5 Å². The predicted octanol–water partition coefficient (Wildman–Crippen LogP) is 3.48. The van der Waals surface area contributed by atoms with Crippen LogP contribution in [0.4, 0.5) is 0 Å². The average Bonchev–Trinajstić information content (AvgIpc) is 2.93. The summed E-state index contributed by atoms with van der Waals surface area (Å²) in [5.41, 5.74) is 2.04. The molecular weight excluding hydrogens is 196 g/mol. The molecule has 76 valence electrons. The van der Waals surface area contributed by atoms with Crippen molar-refractivity contribution in [2.24, 2.45) is 5.92 Å². The second-order valence-corrected chi connectivity index (χ2v) is 4.63. The summed E-state index contributed by atoms with van der Waals surface area (Å²) in [4.78, 5) is 0. The molecule has 2 heteroatoms. The first-order chi connectivity index (χ1) is 6.66. The Morgan fingerprint density at radius 2 is 2.21 bits per heavy atom. The molecular formula is C12H15ClO. The minimum atomic E-state index is -0.380. The fraction of sp³-hybridized carbons (Fsp3) is 0.500. The number of aryl methyl sites for hydroxylation is 1. The van der Waals surface area contributed by atoms with Crippen molar-refractivity contribution in [2.45, 2.75) is 32.3 Å². The first-order valence-corrected chi connectivity index (χ1v) is 5.48. The monoisotopic (exact) mass is 210 g/mol. The highest BCUT2D eigenvalue weighted by molar-refractivity contribution is 6.31. The topological polar surface area (TPSA) is 20.2 Å². The van der Waals surface area contributed by atoms with E-state index in [2.05, 4.69) is 0 Å². The summed E-state index contributed by atoms with van der Waals surface area (Å²) in [6.45, 7) is 2.02. The smallest absolute Gasteiger partial charge is 0.0807 e. The summed E-state index contributed by atoms with van der Waals surface area (Å²) in [5, 5.41) is 10.6. The molecule has 0 saturated heterocycles. The zero-order valence-electron chi connectivity index (χ0n) is 8.33. The summed E-state index contributed by atoms with van der Waals surface area (Å²) in [6.07, 6.45) is 3.01. The summed E-state index contributed by atoms with van der Waals surface area (Å²) in [7, 11) is 0. The zero-order chi connectivity index (χ0) is 10.1. The normalized spacial score (nSPS) is 18.2. The van der Waals surface area contributed by atoms with Gasteiger partial charge in [-0.25, -0.2) is 0 Å². The largest absolute Gasteiger partial charge is 0.388 e. The lowest BCUT2D eigenvalue weighted by Gasteiger charge is -2.12. The molecule has 2 rings (SSSR count). The van der Waals surface area contributed by atoms with Gasteiger partial charge in [0, 0.05) is 5.02 Å². The van der Waals surface area contributed by atoms with E-state index in [1.165, 1.54) is 12.8 Å². The van der Waals surface area contributed by atoms with Gasteiger partial charge in [0.1, 0.15) is 0 Å². The highest BCUT2D eigenvalue weighted by Crippen LogP contribution is 2.39. The van der Waals surface area contributed by atoms with E-state index in [9.17, 15) is 5.11 Å². The molecule has 1 aromatic carbocycles. The standard InChI is InChI=1S/C12H15ClO/c1-8-2-5-11(13)10(6-8)12(14)7-9-3-4-9/h2,5-6,9,12,14H,3-4,7H2,1H3. The molecule has 1 unspecified atom stereocenters. The van der Waals surface area contributed by atoms with Crippen LogP contribution in [0.15, 0.2) is 18.2 Å². The molecule has 0 bridgehead atoms. The van der Waals surface area contributed by atoms with Gasteiger partial charge in [-0.1, -0.05) is 42.1 Å². The van der Waals surface area contributed by atoms with Gasteiger partial charge in [-0.05, 0) is 30.9 Å². The molecule has 1 aliphatic rings. The third kappa shape index (κ3) is 2.28. The second kappa shape index (κ2) is 3.92. The van der Waals surface area contributed by atoms with Crippen molar-refractivity contribution in [3.05, 3.63) is 34.3 Å². The second-order valence-electron chi connectivity index (χ2n) is 4.22. The van der Waals surface area contributed by atoms with Crippen LogP contribution in [0.2, 0.25) is 5.02 Å². The van der Waals surface area contributed by atoms with E-state index in [-0.39, 0.29) is 6.10 Å². The third-order valence-electron chi connectivity index (χ3n) is 2.76. The Kier molecular flexibility index (Phi) is 2.80. The average molecular weight is 211 g/mol. The van der Waals surface area contributed by atoms with E-state index in [4.69, 9.17) is 11.6 Å². The zero-order valence-corrected chi connectivity index (χ0v) is 9.09. The molecule has 1 saturated carbocycles. The fourth-order valence-corrected chi connectivity index (χ4v) is 1.96. The Hall–Kier alpha value is -0.530. The Balaban J connectivity index is 2.15. The molecule has 1 nitrogen and oxygen atoms in total. The minimum absolute atomic E-state index is 0.380. The molecule has 1 N–H and O–H groups in total. The van der Waals surface area contributed by atoms with Crippen LogP contribution >= 0.6 is 11.6 Å². The maximum absolute atomic E-state index is 9.95. The number of aliphatic hydroxyl groups excluding tert-OH is 1. The van der Waals surface area contributed by atoms with Crippen molar-refractivity contribution in [1.29, 1.82) is 0 Å². The quantitative estimate of drug-likeness (QED) is 0.810. The van der Waals surface area contributed by atoms with Gasteiger partial charge in [0.15, 0.2) is 0 Å². The van der Waals surface area contributed by atoms with E-state index in [1.807, 2.05) is 25.1 Å².